The summed E-state index contributed by atoms with van der Waals surface area (Å²) in [7, 11) is 0. The summed E-state index contributed by atoms with van der Waals surface area (Å²) in [5.41, 5.74) is 2.87. The molecule has 2 atom stereocenters. The lowest BCUT2D eigenvalue weighted by atomic mass is 10.1. The summed E-state index contributed by atoms with van der Waals surface area (Å²) in [5, 5.41) is 3.95. The van der Waals surface area contributed by atoms with E-state index in [-0.39, 0.29) is 17.8 Å². The summed E-state index contributed by atoms with van der Waals surface area (Å²) in [6, 6.07) is 19.8. The Kier molecular flexibility index (Phi) is 3.82. The Balaban J connectivity index is 1.59. The van der Waals surface area contributed by atoms with Gasteiger partial charge in [0.05, 0.1) is 11.6 Å². The Morgan fingerprint density at radius 2 is 1.67 bits per heavy atom. The average Bonchev–Trinajstić information content (AvgIpc) is 3.35. The Hall–Kier alpha value is -2.42. The number of carbonyl (C=O) groups excluding carboxylic acids is 1. The number of carbonyl (C=O) groups is 1. The van der Waals surface area contributed by atoms with E-state index in [1.54, 1.807) is 0 Å². The first-order valence-corrected chi connectivity index (χ1v) is 7.11. The van der Waals surface area contributed by atoms with Crippen LogP contribution in [0.4, 0.5) is 0 Å². The average molecular weight is 279 g/mol. The van der Waals surface area contributed by atoms with E-state index in [2.05, 4.69) is 17.3 Å². The number of benzene rings is 2. The highest BCUT2D eigenvalue weighted by atomic mass is 16.7. The molecule has 0 aliphatic heterocycles. The molecule has 0 bridgehead atoms. The molecule has 1 fully saturated rings. The Morgan fingerprint density at radius 1 is 1.05 bits per heavy atom. The number of hydrogen-bond donors (Lipinski definition) is 0. The molecule has 1 aliphatic carbocycles. The first-order chi connectivity index (χ1) is 10.3. The molecular weight excluding hydrogens is 262 g/mol. The van der Waals surface area contributed by atoms with Crippen LogP contribution >= 0.6 is 0 Å². The molecule has 0 heterocycles. The van der Waals surface area contributed by atoms with Crippen molar-refractivity contribution in [2.24, 2.45) is 11.1 Å². The molecule has 1 saturated carbocycles. The minimum absolute atomic E-state index is 0.0558. The van der Waals surface area contributed by atoms with Gasteiger partial charge in [-0.2, -0.15) is 0 Å². The fourth-order valence-corrected chi connectivity index (χ4v) is 2.44. The second-order valence-electron chi connectivity index (χ2n) is 5.31. The quantitative estimate of drug-likeness (QED) is 0.485. The largest absolute Gasteiger partial charge is 0.338 e. The van der Waals surface area contributed by atoms with Gasteiger partial charge in [0.2, 0.25) is 0 Å². The Bertz CT molecular complexity index is 649. The molecule has 0 radical (unpaired) electrons. The third-order valence-corrected chi connectivity index (χ3v) is 3.79. The first kappa shape index (κ1) is 13.6. The van der Waals surface area contributed by atoms with Gasteiger partial charge in [-0.3, -0.25) is 0 Å². The molecular formula is C18H17NO2. The molecule has 0 spiro atoms. The van der Waals surface area contributed by atoms with Crippen molar-refractivity contribution in [1.82, 2.24) is 0 Å². The molecule has 3 rings (SSSR count). The second-order valence-corrected chi connectivity index (χ2v) is 5.31. The predicted molar refractivity (Wildman–Crippen MR) is 82.0 cm³/mol. The van der Waals surface area contributed by atoms with Crippen molar-refractivity contribution in [3.05, 3.63) is 71.8 Å². The lowest BCUT2D eigenvalue weighted by Crippen LogP contribution is -2.06. The van der Waals surface area contributed by atoms with E-state index < -0.39 is 0 Å². The summed E-state index contributed by atoms with van der Waals surface area (Å²) in [6.45, 7) is 1.84. The van der Waals surface area contributed by atoms with Crippen molar-refractivity contribution >= 4 is 11.7 Å². The van der Waals surface area contributed by atoms with Crippen LogP contribution in [0.3, 0.4) is 0 Å². The van der Waals surface area contributed by atoms with Gasteiger partial charge < -0.3 is 4.84 Å². The van der Waals surface area contributed by atoms with Crippen molar-refractivity contribution < 1.29 is 9.63 Å². The van der Waals surface area contributed by atoms with E-state index >= 15 is 0 Å². The number of oxime groups is 1. The van der Waals surface area contributed by atoms with Crippen LogP contribution in [0.1, 0.15) is 30.4 Å². The highest BCUT2D eigenvalue weighted by molar-refractivity contribution is 5.98. The zero-order valence-electron chi connectivity index (χ0n) is 11.9. The van der Waals surface area contributed by atoms with Gasteiger partial charge in [0.25, 0.3) is 0 Å². The van der Waals surface area contributed by atoms with Gasteiger partial charge in [0.1, 0.15) is 0 Å². The fraction of sp³-hybridized carbons (Fsp3) is 0.222. The van der Waals surface area contributed by atoms with Crippen LogP contribution in [0, 0.1) is 5.92 Å². The molecule has 21 heavy (non-hydrogen) atoms. The standard InChI is InChI=1S/C18H17NO2/c1-13(14-8-4-2-5-9-14)19-21-18(20)17-12-16(17)15-10-6-3-7-11-15/h2-11,16-17H,12H2,1H3/b19-13-/t16-,17-/m0/s1. The summed E-state index contributed by atoms with van der Waals surface area (Å²) >= 11 is 0. The summed E-state index contributed by atoms with van der Waals surface area (Å²) in [6.07, 6.45) is 0.850. The van der Waals surface area contributed by atoms with Gasteiger partial charge in [0.15, 0.2) is 0 Å². The summed E-state index contributed by atoms with van der Waals surface area (Å²) in [5.74, 6) is -0.00945. The lowest BCUT2D eigenvalue weighted by molar-refractivity contribution is -0.145. The van der Waals surface area contributed by atoms with Crippen LogP contribution in [0.2, 0.25) is 0 Å². The van der Waals surface area contributed by atoms with Crippen molar-refractivity contribution in [1.29, 1.82) is 0 Å². The van der Waals surface area contributed by atoms with Crippen molar-refractivity contribution in [2.45, 2.75) is 19.3 Å². The fourth-order valence-electron chi connectivity index (χ4n) is 2.44. The zero-order valence-corrected chi connectivity index (χ0v) is 11.9. The van der Waals surface area contributed by atoms with E-state index in [0.717, 1.165) is 12.0 Å². The third-order valence-electron chi connectivity index (χ3n) is 3.79. The van der Waals surface area contributed by atoms with Crippen LogP contribution in [-0.4, -0.2) is 11.7 Å². The Morgan fingerprint density at radius 3 is 2.33 bits per heavy atom. The molecule has 0 N–H and O–H groups in total. The molecule has 3 nitrogen and oxygen atoms in total. The molecule has 2 aromatic carbocycles. The van der Waals surface area contributed by atoms with Crippen LogP contribution < -0.4 is 0 Å². The molecule has 3 heteroatoms. The van der Waals surface area contributed by atoms with E-state index in [0.29, 0.717) is 5.71 Å². The minimum atomic E-state index is -0.237. The molecule has 106 valence electrons. The van der Waals surface area contributed by atoms with Crippen LogP contribution in [-0.2, 0) is 9.63 Å². The van der Waals surface area contributed by atoms with Crippen LogP contribution in [0.25, 0.3) is 0 Å². The van der Waals surface area contributed by atoms with E-state index in [9.17, 15) is 4.79 Å². The van der Waals surface area contributed by atoms with Gasteiger partial charge in [0, 0.05) is 0 Å². The van der Waals surface area contributed by atoms with Crippen molar-refractivity contribution in [2.75, 3.05) is 0 Å². The Labute approximate surface area is 124 Å². The normalized spacial score (nSPS) is 20.9. The summed E-state index contributed by atoms with van der Waals surface area (Å²) < 4.78 is 0. The van der Waals surface area contributed by atoms with Gasteiger partial charge in [-0.1, -0.05) is 65.8 Å². The smallest absolute Gasteiger partial charge is 0.318 e. The van der Waals surface area contributed by atoms with Crippen LogP contribution in [0.15, 0.2) is 65.8 Å². The van der Waals surface area contributed by atoms with E-state index in [4.69, 9.17) is 4.84 Å². The van der Waals surface area contributed by atoms with E-state index in [1.165, 1.54) is 5.56 Å². The maximum atomic E-state index is 12.0. The van der Waals surface area contributed by atoms with Gasteiger partial charge >= 0.3 is 5.97 Å². The molecule has 0 unspecified atom stereocenters. The number of nitrogens with zero attached hydrogens (tertiary/aromatic N) is 1. The lowest BCUT2D eigenvalue weighted by Gasteiger charge is -2.01. The molecule has 0 saturated heterocycles. The second kappa shape index (κ2) is 5.92. The number of hydrogen-bond acceptors (Lipinski definition) is 3. The van der Waals surface area contributed by atoms with Gasteiger partial charge in [-0.25, -0.2) is 4.79 Å². The van der Waals surface area contributed by atoms with Gasteiger partial charge in [-0.15, -0.1) is 0 Å². The van der Waals surface area contributed by atoms with Crippen LogP contribution in [0.5, 0.6) is 0 Å². The van der Waals surface area contributed by atoms with Gasteiger partial charge in [-0.05, 0) is 30.4 Å². The molecule has 2 aromatic rings. The predicted octanol–water partition coefficient (Wildman–Crippen LogP) is 3.76. The van der Waals surface area contributed by atoms with E-state index in [1.807, 2.05) is 55.5 Å². The molecule has 0 amide bonds. The highest BCUT2D eigenvalue weighted by Crippen LogP contribution is 2.48. The minimum Gasteiger partial charge on any atom is -0.318 e. The third kappa shape index (κ3) is 3.19. The van der Waals surface area contributed by atoms with Crippen molar-refractivity contribution in [3.63, 3.8) is 0 Å². The summed E-state index contributed by atoms with van der Waals surface area (Å²) in [4.78, 5) is 17.1. The maximum absolute atomic E-state index is 12.0. The maximum Gasteiger partial charge on any atom is 0.338 e. The van der Waals surface area contributed by atoms with Crippen molar-refractivity contribution in [3.8, 4) is 0 Å². The topological polar surface area (TPSA) is 38.7 Å². The highest BCUT2D eigenvalue weighted by Gasteiger charge is 2.45. The molecule has 0 aromatic heterocycles. The monoisotopic (exact) mass is 279 g/mol. The number of rotatable bonds is 4. The first-order valence-electron chi connectivity index (χ1n) is 7.11. The zero-order chi connectivity index (χ0) is 14.7. The SMILES string of the molecule is C/C(=N/OC(=O)[C@H]1C[C@H]1c1ccccc1)c1ccccc1. The molecule has 1 aliphatic rings.